The zero-order valence-electron chi connectivity index (χ0n) is 13.6. The van der Waals surface area contributed by atoms with Crippen molar-refractivity contribution in [1.82, 2.24) is 5.32 Å². The Bertz CT molecular complexity index is 724. The molecule has 2 N–H and O–H groups in total. The first-order chi connectivity index (χ1) is 11.6. The predicted molar refractivity (Wildman–Crippen MR) is 92.3 cm³/mol. The summed E-state index contributed by atoms with van der Waals surface area (Å²) < 4.78 is 0. The number of hydrogen-bond donors (Lipinski definition) is 2. The second kappa shape index (κ2) is 6.87. The van der Waals surface area contributed by atoms with Crippen LogP contribution in [0.4, 0.5) is 0 Å². The highest BCUT2D eigenvalue weighted by Gasteiger charge is 2.41. The van der Waals surface area contributed by atoms with Gasteiger partial charge in [0, 0.05) is 0 Å². The van der Waals surface area contributed by atoms with Crippen LogP contribution in [0.1, 0.15) is 31.4 Å². The number of nitrogens with one attached hydrogen (secondary N) is 1. The summed E-state index contributed by atoms with van der Waals surface area (Å²) in [6.07, 6.45) is 1.25. The van der Waals surface area contributed by atoms with E-state index in [9.17, 15) is 9.59 Å². The number of carboxylic acids is 1. The van der Waals surface area contributed by atoms with Crippen LogP contribution in [0, 0.1) is 11.8 Å². The Morgan fingerprint density at radius 1 is 0.958 bits per heavy atom. The molecule has 0 aromatic heterocycles. The Balaban J connectivity index is 1.64. The summed E-state index contributed by atoms with van der Waals surface area (Å²) in [5.74, 6) is -1.96. The lowest BCUT2D eigenvalue weighted by molar-refractivity contribution is -0.152. The fourth-order valence-corrected chi connectivity index (χ4v) is 3.11. The van der Waals surface area contributed by atoms with Gasteiger partial charge in [-0.2, -0.15) is 0 Å². The number of hydrogen-bond acceptors (Lipinski definition) is 2. The van der Waals surface area contributed by atoms with E-state index in [2.05, 4.69) is 17.4 Å². The van der Waals surface area contributed by atoms with Crippen LogP contribution in [-0.2, 0) is 9.59 Å². The summed E-state index contributed by atoms with van der Waals surface area (Å²) in [6.45, 7) is 1.92. The van der Waals surface area contributed by atoms with Crippen LogP contribution in [-0.4, -0.2) is 17.0 Å². The van der Waals surface area contributed by atoms with Gasteiger partial charge >= 0.3 is 5.97 Å². The number of benzene rings is 2. The first-order valence-electron chi connectivity index (χ1n) is 8.25. The second-order valence-electron chi connectivity index (χ2n) is 6.35. The minimum Gasteiger partial charge on any atom is -0.481 e. The van der Waals surface area contributed by atoms with Gasteiger partial charge in [-0.25, -0.2) is 0 Å². The van der Waals surface area contributed by atoms with E-state index in [0.29, 0.717) is 12.8 Å². The Morgan fingerprint density at radius 2 is 1.54 bits per heavy atom. The fraction of sp³-hybridized carbons (Fsp3) is 0.300. The smallest absolute Gasteiger partial charge is 0.307 e. The van der Waals surface area contributed by atoms with Crippen molar-refractivity contribution in [1.29, 1.82) is 0 Å². The molecule has 124 valence electrons. The van der Waals surface area contributed by atoms with Gasteiger partial charge in [0.15, 0.2) is 0 Å². The molecule has 4 nitrogen and oxygen atoms in total. The molecule has 1 aliphatic rings. The largest absolute Gasteiger partial charge is 0.481 e. The fourth-order valence-electron chi connectivity index (χ4n) is 3.11. The maximum absolute atomic E-state index is 12.2. The maximum atomic E-state index is 12.2. The van der Waals surface area contributed by atoms with Crippen molar-refractivity contribution in [3.63, 3.8) is 0 Å². The Morgan fingerprint density at radius 3 is 2.08 bits per heavy atom. The molecule has 1 amide bonds. The molecule has 0 heterocycles. The lowest BCUT2D eigenvalue weighted by Crippen LogP contribution is -2.44. The lowest BCUT2D eigenvalue weighted by atomic mass is 9.73. The number of carboxylic acid groups (broad SMARTS) is 1. The molecule has 3 unspecified atom stereocenters. The van der Waals surface area contributed by atoms with Crippen molar-refractivity contribution in [2.24, 2.45) is 11.8 Å². The van der Waals surface area contributed by atoms with Gasteiger partial charge in [-0.1, -0.05) is 54.6 Å². The van der Waals surface area contributed by atoms with Crippen molar-refractivity contribution in [2.45, 2.75) is 25.8 Å². The molecule has 3 rings (SSSR count). The van der Waals surface area contributed by atoms with E-state index in [1.54, 1.807) is 0 Å². The zero-order chi connectivity index (χ0) is 17.1. The molecule has 0 bridgehead atoms. The summed E-state index contributed by atoms with van der Waals surface area (Å²) >= 11 is 0. The average Bonchev–Trinajstić information content (AvgIpc) is 2.54. The van der Waals surface area contributed by atoms with Crippen molar-refractivity contribution in [3.05, 3.63) is 60.2 Å². The lowest BCUT2D eigenvalue weighted by Gasteiger charge is -2.33. The molecule has 1 saturated carbocycles. The van der Waals surface area contributed by atoms with Gasteiger partial charge in [0.25, 0.3) is 0 Å². The van der Waals surface area contributed by atoms with Crippen LogP contribution >= 0.6 is 0 Å². The van der Waals surface area contributed by atoms with Gasteiger partial charge in [-0.05, 0) is 36.5 Å². The maximum Gasteiger partial charge on any atom is 0.307 e. The molecule has 1 fully saturated rings. The van der Waals surface area contributed by atoms with E-state index in [0.717, 1.165) is 16.7 Å². The van der Waals surface area contributed by atoms with E-state index in [1.807, 2.05) is 49.4 Å². The minimum atomic E-state index is -0.874. The highest BCUT2D eigenvalue weighted by molar-refractivity contribution is 5.86. The first-order valence-corrected chi connectivity index (χ1v) is 8.25. The molecule has 0 spiro atoms. The van der Waals surface area contributed by atoms with E-state index in [4.69, 9.17) is 5.11 Å². The van der Waals surface area contributed by atoms with Gasteiger partial charge in [0.2, 0.25) is 5.91 Å². The molecule has 0 saturated heterocycles. The molecule has 2 aromatic rings. The van der Waals surface area contributed by atoms with Crippen LogP contribution in [0.25, 0.3) is 11.1 Å². The highest BCUT2D eigenvalue weighted by Crippen LogP contribution is 2.35. The molecule has 2 aromatic carbocycles. The normalized spacial score (nSPS) is 20.7. The van der Waals surface area contributed by atoms with E-state index < -0.39 is 17.8 Å². The summed E-state index contributed by atoms with van der Waals surface area (Å²) in [5.41, 5.74) is 3.29. The zero-order valence-corrected chi connectivity index (χ0v) is 13.6. The van der Waals surface area contributed by atoms with Crippen LogP contribution in [0.15, 0.2) is 54.6 Å². The van der Waals surface area contributed by atoms with Crippen LogP contribution in [0.5, 0.6) is 0 Å². The SMILES string of the molecule is CC(NC(=O)C1CCC1C(=O)O)c1ccc(-c2ccccc2)cc1. The van der Waals surface area contributed by atoms with E-state index >= 15 is 0 Å². The third-order valence-electron chi connectivity index (χ3n) is 4.80. The Labute approximate surface area is 141 Å². The van der Waals surface area contributed by atoms with Crippen LogP contribution in [0.2, 0.25) is 0 Å². The van der Waals surface area contributed by atoms with Crippen molar-refractivity contribution >= 4 is 11.9 Å². The standard InChI is InChI=1S/C20H21NO3/c1-13(21-19(22)17-11-12-18(17)20(23)24)14-7-9-16(10-8-14)15-5-3-2-4-6-15/h2-10,13,17-18H,11-12H2,1H3,(H,21,22)(H,23,24). The first kappa shape index (κ1) is 16.2. The van der Waals surface area contributed by atoms with Gasteiger partial charge < -0.3 is 10.4 Å². The molecule has 1 aliphatic carbocycles. The van der Waals surface area contributed by atoms with E-state index in [-0.39, 0.29) is 11.9 Å². The minimum absolute atomic E-state index is 0.141. The summed E-state index contributed by atoms with van der Waals surface area (Å²) in [4.78, 5) is 23.3. The number of carbonyl (C=O) groups excluding carboxylic acids is 1. The van der Waals surface area contributed by atoms with Crippen molar-refractivity contribution < 1.29 is 14.7 Å². The molecule has 0 aliphatic heterocycles. The second-order valence-corrected chi connectivity index (χ2v) is 6.35. The number of carbonyl (C=O) groups is 2. The number of rotatable bonds is 5. The third-order valence-corrected chi connectivity index (χ3v) is 4.80. The predicted octanol–water partition coefficient (Wildman–Crippen LogP) is 3.64. The Hall–Kier alpha value is -2.62. The summed E-state index contributed by atoms with van der Waals surface area (Å²) in [6, 6.07) is 18.1. The van der Waals surface area contributed by atoms with Gasteiger partial charge in [0.05, 0.1) is 17.9 Å². The van der Waals surface area contributed by atoms with E-state index in [1.165, 1.54) is 0 Å². The van der Waals surface area contributed by atoms with Crippen LogP contribution < -0.4 is 5.32 Å². The number of aliphatic carboxylic acids is 1. The highest BCUT2D eigenvalue weighted by atomic mass is 16.4. The van der Waals surface area contributed by atoms with Gasteiger partial charge in [-0.15, -0.1) is 0 Å². The average molecular weight is 323 g/mol. The molecule has 0 radical (unpaired) electrons. The quantitative estimate of drug-likeness (QED) is 0.883. The third kappa shape index (κ3) is 3.32. The van der Waals surface area contributed by atoms with Crippen molar-refractivity contribution in [3.8, 4) is 11.1 Å². The monoisotopic (exact) mass is 323 g/mol. The summed E-state index contributed by atoms with van der Waals surface area (Å²) in [7, 11) is 0. The number of amides is 1. The topological polar surface area (TPSA) is 66.4 Å². The molecular formula is C20H21NO3. The van der Waals surface area contributed by atoms with Crippen LogP contribution in [0.3, 0.4) is 0 Å². The summed E-state index contributed by atoms with van der Waals surface area (Å²) in [5, 5.41) is 12.0. The van der Waals surface area contributed by atoms with Gasteiger partial charge in [-0.3, -0.25) is 9.59 Å². The molecule has 4 heteroatoms. The molecular weight excluding hydrogens is 302 g/mol. The molecule has 24 heavy (non-hydrogen) atoms. The van der Waals surface area contributed by atoms with Crippen molar-refractivity contribution in [2.75, 3.05) is 0 Å². The van der Waals surface area contributed by atoms with Gasteiger partial charge in [0.1, 0.15) is 0 Å². The molecule has 3 atom stereocenters. The Kier molecular flexibility index (Phi) is 4.65.